The summed E-state index contributed by atoms with van der Waals surface area (Å²) < 4.78 is 6.97. The number of nitrogens with one attached hydrogen (secondary N) is 1. The number of anilines is 6. The third-order valence-corrected chi connectivity index (χ3v) is 12.1. The van der Waals surface area contributed by atoms with Gasteiger partial charge in [0.2, 0.25) is 0 Å². The van der Waals surface area contributed by atoms with E-state index in [9.17, 15) is 0 Å². The molecular formula is C58H47IN3OV2-. The zero-order valence-electron chi connectivity index (χ0n) is 36.0. The van der Waals surface area contributed by atoms with E-state index in [2.05, 4.69) is 240 Å². The van der Waals surface area contributed by atoms with Gasteiger partial charge in [0.1, 0.15) is 23.0 Å². The van der Waals surface area contributed by atoms with E-state index in [1.165, 1.54) is 78.4 Å². The van der Waals surface area contributed by atoms with Gasteiger partial charge in [-0.1, -0.05) is 189 Å². The minimum absolute atomic E-state index is 0. The van der Waals surface area contributed by atoms with E-state index >= 15 is 0 Å². The van der Waals surface area contributed by atoms with E-state index in [1.54, 1.807) is 0 Å². The molecule has 9 aromatic rings. The number of hydrogen-bond donors (Lipinski definition) is 1. The van der Waals surface area contributed by atoms with E-state index in [-0.39, 0.29) is 37.1 Å². The van der Waals surface area contributed by atoms with Gasteiger partial charge in [0.15, 0.2) is 0 Å². The van der Waals surface area contributed by atoms with Gasteiger partial charge in [0.25, 0.3) is 0 Å². The largest absolute Gasteiger partial charge is 0.677 e. The summed E-state index contributed by atoms with van der Waals surface area (Å²) in [4.78, 5) is 4.93. The van der Waals surface area contributed by atoms with Gasteiger partial charge in [-0.25, -0.2) is 0 Å². The smallest absolute Gasteiger partial charge is 0.106 e. The Balaban J connectivity index is 0.000000749. The molecule has 2 heterocycles. The fourth-order valence-corrected chi connectivity index (χ4v) is 9.35. The Morgan fingerprint density at radius 1 is 0.369 bits per heavy atom. The van der Waals surface area contributed by atoms with Gasteiger partial charge in [-0.05, 0) is 110 Å². The van der Waals surface area contributed by atoms with Crippen LogP contribution in [0.15, 0.2) is 231 Å². The zero-order valence-corrected chi connectivity index (χ0v) is 40.9. The molecule has 0 aromatic heterocycles. The molecule has 0 fully saturated rings. The third kappa shape index (κ3) is 8.79. The first-order valence-corrected chi connectivity index (χ1v) is 22.4. The van der Waals surface area contributed by atoms with Crippen molar-refractivity contribution in [3.05, 3.63) is 259 Å². The molecule has 0 amide bonds. The number of hydrogen-bond acceptors (Lipinski definition) is 3. The van der Waals surface area contributed by atoms with Gasteiger partial charge >= 0.3 is 0 Å². The van der Waals surface area contributed by atoms with Crippen LogP contribution >= 0.6 is 23.0 Å². The third-order valence-electron chi connectivity index (χ3n) is 12.1. The summed E-state index contributed by atoms with van der Waals surface area (Å²) >= 11 is 1.15. The van der Waals surface area contributed by atoms with Gasteiger partial charge in [-0.2, -0.15) is 6.54 Å². The topological polar surface area (TPSA) is 50.5 Å². The molecule has 1 spiro atoms. The van der Waals surface area contributed by atoms with Crippen LogP contribution in [0.5, 0.6) is 0 Å². The van der Waals surface area contributed by atoms with Crippen LogP contribution < -0.4 is 9.80 Å². The van der Waals surface area contributed by atoms with Crippen LogP contribution in [-0.4, -0.2) is 9.98 Å². The monoisotopic (exact) mass is 1030 g/mol. The number of fused-ring (bicyclic) bond motifs is 8. The average molecular weight is 1030 g/mol. The van der Waals surface area contributed by atoms with Crippen LogP contribution in [0.4, 0.5) is 34.1 Å². The van der Waals surface area contributed by atoms with Crippen molar-refractivity contribution in [1.29, 1.82) is 0 Å². The van der Waals surface area contributed by atoms with Gasteiger partial charge in [-0.3, -0.25) is 0 Å². The maximum atomic E-state index is 6.97. The molecule has 318 valence electrons. The molecule has 0 saturated carbocycles. The summed E-state index contributed by atoms with van der Waals surface area (Å²) in [6.45, 7) is 2.56. The van der Waals surface area contributed by atoms with Crippen molar-refractivity contribution in [2.75, 3.05) is 16.3 Å². The second-order valence-electron chi connectivity index (χ2n) is 15.6. The van der Waals surface area contributed by atoms with E-state index in [4.69, 9.17) is 9.17 Å². The molecule has 2 N–H and O–H groups in total. The molecule has 9 aromatic carbocycles. The van der Waals surface area contributed by atoms with Crippen molar-refractivity contribution >= 4 is 57.1 Å². The molecular weight excluding hydrogens is 983 g/mol. The summed E-state index contributed by atoms with van der Waals surface area (Å²) in [5.41, 5.74) is 25.1. The maximum absolute atomic E-state index is 6.97. The normalized spacial score (nSPS) is 12.2. The van der Waals surface area contributed by atoms with Crippen molar-refractivity contribution in [2.24, 2.45) is 0 Å². The van der Waals surface area contributed by atoms with Crippen LogP contribution in [0.2, 0.25) is 0 Å². The summed E-state index contributed by atoms with van der Waals surface area (Å²) in [7, 11) is 0. The number of halogens is 1. The molecule has 2 aliphatic heterocycles. The molecule has 11 rings (SSSR count). The van der Waals surface area contributed by atoms with E-state index in [0.717, 1.165) is 40.8 Å². The van der Waals surface area contributed by atoms with Crippen LogP contribution in [-0.2, 0) is 42.5 Å². The van der Waals surface area contributed by atoms with Crippen molar-refractivity contribution in [2.45, 2.75) is 18.8 Å². The summed E-state index contributed by atoms with van der Waals surface area (Å²) in [5, 5.41) is 0. The second-order valence-corrected chi connectivity index (χ2v) is 15.6. The number of rotatable bonds is 6. The fraction of sp³-hybridized carbons (Fsp3) is 0.0690. The average Bonchev–Trinajstić information content (AvgIpc) is 3.38. The number of para-hydroxylation sites is 3. The van der Waals surface area contributed by atoms with Crippen molar-refractivity contribution in [3.63, 3.8) is 0 Å². The Hall–Kier alpha value is -5.60. The van der Waals surface area contributed by atoms with Gasteiger partial charge < -0.3 is 19.0 Å². The molecule has 4 nitrogen and oxygen atoms in total. The molecule has 2 aliphatic rings. The van der Waals surface area contributed by atoms with Crippen LogP contribution in [0, 0.1) is 0 Å². The Morgan fingerprint density at radius 2 is 0.646 bits per heavy atom. The SMILES string of the molecule is CCC[NH-].OI.[V].[V].c1ccc(-c2ccc(N3c4ccccc4C4(c5ccccc53)c3ccccc3N(c3ccc(-c5ccccc5)cc3)c3ccc(-c5ccccc5)cc34)cc2)cc1. The Bertz CT molecular complexity index is 2840. The molecule has 7 heteroatoms. The first-order chi connectivity index (χ1) is 31.2. The Kier molecular flexibility index (Phi) is 15.7. The minimum atomic E-state index is -0.620. The van der Waals surface area contributed by atoms with Gasteiger partial charge in [0.05, 0.1) is 28.2 Å². The van der Waals surface area contributed by atoms with E-state index in [0.29, 0.717) is 6.54 Å². The molecule has 2 radical (unpaired) electrons. The van der Waals surface area contributed by atoms with E-state index in [1.807, 2.05) is 6.92 Å². The van der Waals surface area contributed by atoms with Gasteiger partial charge in [0, 0.05) is 48.5 Å². The molecule has 65 heavy (non-hydrogen) atoms. The Labute approximate surface area is 421 Å². The first kappa shape index (κ1) is 47.4. The maximum Gasteiger partial charge on any atom is 0.106 e. The minimum Gasteiger partial charge on any atom is -0.677 e. The van der Waals surface area contributed by atoms with Crippen molar-refractivity contribution in [3.8, 4) is 33.4 Å². The molecule has 0 bridgehead atoms. The predicted molar refractivity (Wildman–Crippen MR) is 273 cm³/mol. The van der Waals surface area contributed by atoms with Crippen molar-refractivity contribution < 1.29 is 40.5 Å². The van der Waals surface area contributed by atoms with Crippen LogP contribution in [0.1, 0.15) is 35.6 Å². The fourth-order valence-electron chi connectivity index (χ4n) is 9.35. The molecule has 0 aliphatic carbocycles. The molecule has 0 unspecified atom stereocenters. The van der Waals surface area contributed by atoms with Crippen LogP contribution in [0.3, 0.4) is 0 Å². The Morgan fingerprint density at radius 3 is 1.00 bits per heavy atom. The zero-order chi connectivity index (χ0) is 43.2. The van der Waals surface area contributed by atoms with E-state index < -0.39 is 5.41 Å². The number of benzene rings is 9. The molecule has 0 saturated heterocycles. The molecule has 0 atom stereocenters. The first-order valence-electron chi connectivity index (χ1n) is 21.4. The summed E-state index contributed by atoms with van der Waals surface area (Å²) in [5.74, 6) is 0. The van der Waals surface area contributed by atoms with Gasteiger partial charge in [-0.15, -0.1) is 0 Å². The quantitative estimate of drug-likeness (QED) is 0.169. The summed E-state index contributed by atoms with van der Waals surface area (Å²) in [6.07, 6.45) is 0.986. The van der Waals surface area contributed by atoms with Crippen LogP contribution in [0.25, 0.3) is 39.1 Å². The second kappa shape index (κ2) is 21.6. The number of nitrogens with zero attached hydrogens (tertiary/aromatic N) is 2. The predicted octanol–water partition coefficient (Wildman–Crippen LogP) is 16.4. The summed E-state index contributed by atoms with van der Waals surface area (Å²) in [6, 6.07) is 84.4. The standard InChI is InChI=1S/C55H38N2.C3H8N.HIO.2V/c1-4-16-39(17-5-1)42-28-33-45(34-29-42)56-51-25-13-10-22-47(51)55(48-23-11-14-26-52(48)56)49-24-12-15-27-53(49)57(46-35-30-43(31-36-46)40-18-6-2-7-19-40)54-37-32-44(38-50(54)55)41-20-8-3-9-21-41;1-2-3-4;1-2;;/h1-38H;4H,2-3H2,1H3;2H;;/q;-1;;;. The van der Waals surface area contributed by atoms with Crippen molar-refractivity contribution in [1.82, 2.24) is 0 Å².